The summed E-state index contributed by atoms with van der Waals surface area (Å²) in [4.78, 5) is 2.41. The van der Waals surface area contributed by atoms with Crippen LogP contribution in [0.5, 0.6) is 0 Å². The lowest BCUT2D eigenvalue weighted by Crippen LogP contribution is -2.58. The normalized spacial score (nSPS) is 41.7. The van der Waals surface area contributed by atoms with Crippen molar-refractivity contribution in [1.82, 2.24) is 15.5 Å². The molecule has 1 saturated heterocycles. The number of hydrogen-bond donors (Lipinski definition) is 2. The van der Waals surface area contributed by atoms with Crippen molar-refractivity contribution >= 4 is 17.3 Å². The highest BCUT2D eigenvalue weighted by atomic mass is 32.1. The maximum absolute atomic E-state index is 5.66. The van der Waals surface area contributed by atoms with E-state index >= 15 is 0 Å². The fourth-order valence-electron chi connectivity index (χ4n) is 6.44. The Hall–Kier alpha value is -0.350. The van der Waals surface area contributed by atoms with Crippen molar-refractivity contribution in [3.63, 3.8) is 0 Å². The lowest BCUT2D eigenvalue weighted by molar-refractivity contribution is -0.0673. The summed E-state index contributed by atoms with van der Waals surface area (Å²) in [7, 11) is 2.21. The minimum absolute atomic E-state index is 0.530. The molecule has 0 amide bonds. The molecule has 4 heteroatoms. The van der Waals surface area contributed by atoms with E-state index in [9.17, 15) is 0 Å². The number of rotatable bonds is 3. The Bertz CT molecular complexity index is 420. The van der Waals surface area contributed by atoms with Crippen LogP contribution in [0.3, 0.4) is 0 Å². The molecule has 5 fully saturated rings. The van der Waals surface area contributed by atoms with E-state index in [4.69, 9.17) is 12.2 Å². The lowest BCUT2D eigenvalue weighted by Gasteiger charge is -2.59. The number of thiocarbonyl (C=S) groups is 1. The molecule has 4 bridgehead atoms. The monoisotopic (exact) mass is 335 g/mol. The van der Waals surface area contributed by atoms with Crippen LogP contribution in [0, 0.1) is 23.2 Å². The molecule has 23 heavy (non-hydrogen) atoms. The van der Waals surface area contributed by atoms with Gasteiger partial charge >= 0.3 is 0 Å². The number of hydrogen-bond acceptors (Lipinski definition) is 2. The molecule has 1 atom stereocenters. The van der Waals surface area contributed by atoms with Crippen LogP contribution in [0.1, 0.15) is 58.3 Å². The maximum atomic E-state index is 5.66. The summed E-state index contributed by atoms with van der Waals surface area (Å²) >= 11 is 5.66. The first-order valence-electron chi connectivity index (χ1n) is 9.78. The second kappa shape index (κ2) is 6.18. The van der Waals surface area contributed by atoms with Gasteiger partial charge in [-0.1, -0.05) is 0 Å². The van der Waals surface area contributed by atoms with Gasteiger partial charge in [0.15, 0.2) is 5.11 Å². The predicted molar refractivity (Wildman–Crippen MR) is 99.5 cm³/mol. The summed E-state index contributed by atoms with van der Waals surface area (Å²) < 4.78 is 0. The zero-order valence-electron chi connectivity index (χ0n) is 14.8. The van der Waals surface area contributed by atoms with Gasteiger partial charge in [-0.05, 0) is 114 Å². The molecular formula is C19H33N3S. The summed E-state index contributed by atoms with van der Waals surface area (Å²) in [5, 5.41) is 8.20. The van der Waals surface area contributed by atoms with Crippen LogP contribution in [0.25, 0.3) is 0 Å². The highest BCUT2D eigenvalue weighted by Gasteiger charge is 2.53. The third-order valence-electron chi connectivity index (χ3n) is 7.41. The smallest absolute Gasteiger partial charge is 0.166 e. The Balaban J connectivity index is 1.33. The summed E-state index contributed by atoms with van der Waals surface area (Å²) in [6.07, 6.45) is 11.3. The van der Waals surface area contributed by atoms with E-state index in [1.54, 1.807) is 0 Å². The molecule has 0 aromatic heterocycles. The fraction of sp³-hybridized carbons (Fsp3) is 0.947. The highest BCUT2D eigenvalue weighted by Crippen LogP contribution is 2.61. The molecular weight excluding hydrogens is 302 g/mol. The van der Waals surface area contributed by atoms with Crippen molar-refractivity contribution in [3.05, 3.63) is 0 Å². The zero-order chi connectivity index (χ0) is 16.0. The summed E-state index contributed by atoms with van der Waals surface area (Å²) in [5.41, 5.74) is 0.535. The van der Waals surface area contributed by atoms with E-state index in [0.717, 1.165) is 22.9 Å². The highest BCUT2D eigenvalue weighted by molar-refractivity contribution is 7.80. The zero-order valence-corrected chi connectivity index (χ0v) is 15.6. The SMILES string of the molecule is CC(NC(=S)NC1CCN(C)CC1)C12CC3CC(CC(C3)C1)C2. The van der Waals surface area contributed by atoms with Crippen LogP contribution in [0.2, 0.25) is 0 Å². The summed E-state index contributed by atoms with van der Waals surface area (Å²) in [6, 6.07) is 1.09. The molecule has 0 radical (unpaired) electrons. The van der Waals surface area contributed by atoms with Gasteiger partial charge in [0.1, 0.15) is 0 Å². The molecule has 5 rings (SSSR count). The van der Waals surface area contributed by atoms with Gasteiger partial charge in [-0.25, -0.2) is 0 Å². The molecule has 0 aromatic rings. The molecule has 2 N–H and O–H groups in total. The van der Waals surface area contributed by atoms with E-state index in [-0.39, 0.29) is 0 Å². The molecule has 5 aliphatic rings. The largest absolute Gasteiger partial charge is 0.360 e. The van der Waals surface area contributed by atoms with Gasteiger partial charge in [0.05, 0.1) is 0 Å². The number of nitrogens with zero attached hydrogens (tertiary/aromatic N) is 1. The molecule has 4 saturated carbocycles. The van der Waals surface area contributed by atoms with Crippen molar-refractivity contribution in [2.75, 3.05) is 20.1 Å². The Kier molecular flexibility index (Phi) is 4.34. The Morgan fingerprint density at radius 1 is 1.04 bits per heavy atom. The molecule has 4 aliphatic carbocycles. The average molecular weight is 336 g/mol. The van der Waals surface area contributed by atoms with Crippen LogP contribution in [0.15, 0.2) is 0 Å². The average Bonchev–Trinajstić information content (AvgIpc) is 2.48. The predicted octanol–water partition coefficient (Wildman–Crippen LogP) is 3.15. The Morgan fingerprint density at radius 2 is 1.57 bits per heavy atom. The topological polar surface area (TPSA) is 27.3 Å². The van der Waals surface area contributed by atoms with Crippen LogP contribution in [0.4, 0.5) is 0 Å². The summed E-state index contributed by atoms with van der Waals surface area (Å²) in [6.45, 7) is 4.77. The van der Waals surface area contributed by atoms with Crippen molar-refractivity contribution in [2.24, 2.45) is 23.2 Å². The van der Waals surface area contributed by atoms with E-state index in [0.29, 0.717) is 17.5 Å². The van der Waals surface area contributed by atoms with E-state index in [1.165, 1.54) is 64.5 Å². The third-order valence-corrected chi connectivity index (χ3v) is 7.64. The van der Waals surface area contributed by atoms with Crippen molar-refractivity contribution in [2.45, 2.75) is 70.4 Å². The first-order valence-corrected chi connectivity index (χ1v) is 10.2. The summed E-state index contributed by atoms with van der Waals surface area (Å²) in [5.74, 6) is 3.04. The molecule has 1 aliphatic heterocycles. The third kappa shape index (κ3) is 3.26. The van der Waals surface area contributed by atoms with Gasteiger partial charge < -0.3 is 15.5 Å². The first-order chi connectivity index (χ1) is 11.0. The van der Waals surface area contributed by atoms with Gasteiger partial charge in [0, 0.05) is 12.1 Å². The lowest BCUT2D eigenvalue weighted by atomic mass is 9.48. The second-order valence-electron chi connectivity index (χ2n) is 9.20. The van der Waals surface area contributed by atoms with Gasteiger partial charge in [-0.3, -0.25) is 0 Å². The first kappa shape index (κ1) is 16.1. The van der Waals surface area contributed by atoms with Crippen LogP contribution >= 0.6 is 12.2 Å². The van der Waals surface area contributed by atoms with Crippen LogP contribution in [-0.4, -0.2) is 42.2 Å². The number of nitrogens with one attached hydrogen (secondary N) is 2. The Labute approximate surface area is 147 Å². The van der Waals surface area contributed by atoms with Gasteiger partial charge in [0.25, 0.3) is 0 Å². The molecule has 1 heterocycles. The van der Waals surface area contributed by atoms with Crippen LogP contribution in [-0.2, 0) is 0 Å². The number of piperidine rings is 1. The van der Waals surface area contributed by atoms with Gasteiger partial charge in [-0.15, -0.1) is 0 Å². The standard InChI is InChI=1S/C19H33N3S/c1-13(20-18(23)21-17-3-5-22(2)6-4-17)19-10-14-7-15(11-19)9-16(8-14)12-19/h13-17H,3-12H2,1-2H3,(H2,20,21,23). The maximum Gasteiger partial charge on any atom is 0.166 e. The van der Waals surface area contributed by atoms with Gasteiger partial charge in [-0.2, -0.15) is 0 Å². The minimum Gasteiger partial charge on any atom is -0.360 e. The van der Waals surface area contributed by atoms with Gasteiger partial charge in [0.2, 0.25) is 0 Å². The minimum atomic E-state index is 0.530. The molecule has 130 valence electrons. The Morgan fingerprint density at radius 3 is 2.09 bits per heavy atom. The van der Waals surface area contributed by atoms with Crippen molar-refractivity contribution in [3.8, 4) is 0 Å². The quantitative estimate of drug-likeness (QED) is 0.775. The molecule has 0 spiro atoms. The second-order valence-corrected chi connectivity index (χ2v) is 9.61. The van der Waals surface area contributed by atoms with E-state index in [2.05, 4.69) is 29.5 Å². The fourth-order valence-corrected chi connectivity index (χ4v) is 6.78. The van der Waals surface area contributed by atoms with E-state index in [1.807, 2.05) is 0 Å². The number of likely N-dealkylation sites (tertiary alicyclic amines) is 1. The van der Waals surface area contributed by atoms with Crippen LogP contribution < -0.4 is 10.6 Å². The molecule has 3 nitrogen and oxygen atoms in total. The molecule has 0 aromatic carbocycles. The molecule has 1 unspecified atom stereocenters. The van der Waals surface area contributed by atoms with Crippen molar-refractivity contribution in [1.29, 1.82) is 0 Å². The van der Waals surface area contributed by atoms with E-state index < -0.39 is 0 Å². The van der Waals surface area contributed by atoms with Crippen molar-refractivity contribution < 1.29 is 0 Å².